The van der Waals surface area contributed by atoms with E-state index < -0.39 is 6.09 Å². The van der Waals surface area contributed by atoms with Crippen LogP contribution in [0.1, 0.15) is 11.1 Å². The second-order valence-electron chi connectivity index (χ2n) is 3.50. The van der Waals surface area contributed by atoms with E-state index in [4.69, 9.17) is 9.84 Å². The van der Waals surface area contributed by atoms with Crippen LogP contribution in [0.4, 0.5) is 4.79 Å². The zero-order valence-corrected chi connectivity index (χ0v) is 8.43. The molecule has 0 spiro atoms. The van der Waals surface area contributed by atoms with Crippen molar-refractivity contribution in [1.82, 2.24) is 9.88 Å². The highest BCUT2D eigenvalue weighted by molar-refractivity contribution is 5.65. The van der Waals surface area contributed by atoms with Crippen LogP contribution < -0.4 is 4.74 Å². The van der Waals surface area contributed by atoms with E-state index in [2.05, 4.69) is 4.98 Å². The fourth-order valence-corrected chi connectivity index (χ4v) is 1.63. The first-order chi connectivity index (χ1) is 7.18. The lowest BCUT2D eigenvalue weighted by Crippen LogP contribution is -2.30. The summed E-state index contributed by atoms with van der Waals surface area (Å²) in [4.78, 5) is 16.2. The lowest BCUT2D eigenvalue weighted by molar-refractivity contribution is 0.138. The molecule has 5 heteroatoms. The molecule has 0 unspecified atom stereocenters. The molecular formula is C10H12N2O3. The van der Waals surface area contributed by atoms with Crippen LogP contribution in [0.15, 0.2) is 12.4 Å². The highest BCUT2D eigenvalue weighted by Crippen LogP contribution is 2.25. The third kappa shape index (κ3) is 1.86. The Bertz CT molecular complexity index is 392. The SMILES string of the molecule is Cc1cncc2c1OCCN(C(=O)O)C2. The van der Waals surface area contributed by atoms with Crippen molar-refractivity contribution in [2.24, 2.45) is 0 Å². The summed E-state index contributed by atoms with van der Waals surface area (Å²) in [6.45, 7) is 3.04. The highest BCUT2D eigenvalue weighted by Gasteiger charge is 2.20. The predicted octanol–water partition coefficient (Wildman–Crippen LogP) is 1.26. The molecule has 80 valence electrons. The van der Waals surface area contributed by atoms with Gasteiger partial charge in [0.1, 0.15) is 12.4 Å². The molecule has 2 heterocycles. The number of nitrogens with zero attached hydrogens (tertiary/aromatic N) is 2. The number of fused-ring (bicyclic) bond motifs is 1. The minimum absolute atomic E-state index is 0.347. The molecule has 1 amide bonds. The summed E-state index contributed by atoms with van der Waals surface area (Å²) in [6, 6.07) is 0. The van der Waals surface area contributed by atoms with Crippen molar-refractivity contribution in [3.8, 4) is 5.75 Å². The van der Waals surface area contributed by atoms with Gasteiger partial charge in [-0.3, -0.25) is 4.98 Å². The highest BCUT2D eigenvalue weighted by atomic mass is 16.5. The minimum atomic E-state index is -0.923. The molecule has 2 rings (SSSR count). The van der Waals surface area contributed by atoms with Gasteiger partial charge in [-0.2, -0.15) is 0 Å². The molecule has 0 saturated heterocycles. The van der Waals surface area contributed by atoms with Gasteiger partial charge < -0.3 is 14.7 Å². The maximum absolute atomic E-state index is 10.9. The van der Waals surface area contributed by atoms with Gasteiger partial charge in [-0.25, -0.2) is 4.79 Å². The Morgan fingerprint density at radius 3 is 3.13 bits per heavy atom. The van der Waals surface area contributed by atoms with Gasteiger partial charge in [0.05, 0.1) is 13.1 Å². The first-order valence-corrected chi connectivity index (χ1v) is 4.72. The number of hydrogen-bond acceptors (Lipinski definition) is 3. The average molecular weight is 208 g/mol. The van der Waals surface area contributed by atoms with Crippen LogP contribution in [0, 0.1) is 6.92 Å². The molecule has 5 nitrogen and oxygen atoms in total. The number of aromatic nitrogens is 1. The van der Waals surface area contributed by atoms with Gasteiger partial charge in [0.25, 0.3) is 0 Å². The number of carboxylic acid groups (broad SMARTS) is 1. The summed E-state index contributed by atoms with van der Waals surface area (Å²) in [6.07, 6.45) is 2.45. The van der Waals surface area contributed by atoms with Crippen LogP contribution in [-0.4, -0.2) is 34.2 Å². The van der Waals surface area contributed by atoms with Crippen molar-refractivity contribution in [1.29, 1.82) is 0 Å². The van der Waals surface area contributed by atoms with Crippen LogP contribution in [0.2, 0.25) is 0 Å². The molecule has 1 N–H and O–H groups in total. The maximum atomic E-state index is 10.9. The quantitative estimate of drug-likeness (QED) is 0.697. The van der Waals surface area contributed by atoms with E-state index in [9.17, 15) is 4.79 Å². The second kappa shape index (κ2) is 3.76. The molecule has 1 aliphatic heterocycles. The number of hydrogen-bond donors (Lipinski definition) is 1. The van der Waals surface area contributed by atoms with Gasteiger partial charge in [-0.15, -0.1) is 0 Å². The maximum Gasteiger partial charge on any atom is 0.407 e. The number of ether oxygens (including phenoxy) is 1. The van der Waals surface area contributed by atoms with Crippen molar-refractivity contribution < 1.29 is 14.6 Å². The number of aryl methyl sites for hydroxylation is 1. The summed E-state index contributed by atoms with van der Waals surface area (Å²) in [5, 5.41) is 8.91. The molecule has 0 saturated carbocycles. The summed E-state index contributed by atoms with van der Waals surface area (Å²) in [5.74, 6) is 0.772. The van der Waals surface area contributed by atoms with Gasteiger partial charge in [0.2, 0.25) is 0 Å². The van der Waals surface area contributed by atoms with Crippen molar-refractivity contribution in [3.05, 3.63) is 23.5 Å². The molecule has 0 aromatic carbocycles. The van der Waals surface area contributed by atoms with Gasteiger partial charge in [-0.1, -0.05) is 0 Å². The Labute approximate surface area is 87.3 Å². The first kappa shape index (κ1) is 9.76. The minimum Gasteiger partial charge on any atom is -0.491 e. The fraction of sp³-hybridized carbons (Fsp3) is 0.400. The second-order valence-corrected chi connectivity index (χ2v) is 3.50. The van der Waals surface area contributed by atoms with E-state index in [-0.39, 0.29) is 0 Å². The van der Waals surface area contributed by atoms with Crippen LogP contribution in [0.25, 0.3) is 0 Å². The van der Waals surface area contributed by atoms with Crippen LogP contribution in [0.5, 0.6) is 5.75 Å². The molecule has 15 heavy (non-hydrogen) atoms. The largest absolute Gasteiger partial charge is 0.491 e. The Morgan fingerprint density at radius 2 is 2.40 bits per heavy atom. The topological polar surface area (TPSA) is 62.7 Å². The van der Waals surface area contributed by atoms with Crippen molar-refractivity contribution in [2.75, 3.05) is 13.2 Å². The van der Waals surface area contributed by atoms with E-state index in [1.165, 1.54) is 4.90 Å². The first-order valence-electron chi connectivity index (χ1n) is 4.72. The van der Waals surface area contributed by atoms with Crippen molar-refractivity contribution >= 4 is 6.09 Å². The normalized spacial score (nSPS) is 15.1. The van der Waals surface area contributed by atoms with E-state index >= 15 is 0 Å². The number of amides is 1. The van der Waals surface area contributed by atoms with Gasteiger partial charge in [0, 0.05) is 23.5 Å². The molecule has 0 atom stereocenters. The van der Waals surface area contributed by atoms with Crippen LogP contribution in [-0.2, 0) is 6.54 Å². The standard InChI is InChI=1S/C10H12N2O3/c1-7-4-11-5-8-6-12(10(13)14)2-3-15-9(7)8/h4-5H,2-3,6H2,1H3,(H,13,14). The predicted molar refractivity (Wildman–Crippen MR) is 52.9 cm³/mol. The summed E-state index contributed by atoms with van der Waals surface area (Å²) >= 11 is 0. The molecule has 0 bridgehead atoms. The number of pyridine rings is 1. The van der Waals surface area contributed by atoms with Crippen LogP contribution >= 0.6 is 0 Å². The van der Waals surface area contributed by atoms with Crippen LogP contribution in [0.3, 0.4) is 0 Å². The molecule has 1 aliphatic rings. The zero-order chi connectivity index (χ0) is 10.8. The van der Waals surface area contributed by atoms with Crippen molar-refractivity contribution in [3.63, 3.8) is 0 Å². The average Bonchev–Trinajstić information content (AvgIpc) is 2.40. The Kier molecular flexibility index (Phi) is 2.45. The Balaban J connectivity index is 2.34. The number of rotatable bonds is 0. The lowest BCUT2D eigenvalue weighted by Gasteiger charge is -2.14. The van der Waals surface area contributed by atoms with Crippen molar-refractivity contribution in [2.45, 2.75) is 13.5 Å². The van der Waals surface area contributed by atoms with Gasteiger partial charge in [0.15, 0.2) is 0 Å². The van der Waals surface area contributed by atoms with Gasteiger partial charge in [-0.05, 0) is 6.92 Å². The third-order valence-corrected chi connectivity index (χ3v) is 2.39. The van der Waals surface area contributed by atoms with E-state index in [0.717, 1.165) is 16.9 Å². The van der Waals surface area contributed by atoms with E-state index in [0.29, 0.717) is 19.7 Å². The summed E-state index contributed by atoms with van der Waals surface area (Å²) < 4.78 is 5.51. The number of carbonyl (C=O) groups is 1. The molecule has 1 aromatic rings. The monoisotopic (exact) mass is 208 g/mol. The molecule has 0 aliphatic carbocycles. The van der Waals surface area contributed by atoms with Gasteiger partial charge >= 0.3 is 6.09 Å². The Morgan fingerprint density at radius 1 is 1.60 bits per heavy atom. The van der Waals surface area contributed by atoms with E-state index in [1.807, 2.05) is 6.92 Å². The smallest absolute Gasteiger partial charge is 0.407 e. The molecule has 0 radical (unpaired) electrons. The molecule has 0 fully saturated rings. The zero-order valence-electron chi connectivity index (χ0n) is 8.43. The summed E-state index contributed by atoms with van der Waals surface area (Å²) in [5.41, 5.74) is 1.77. The van der Waals surface area contributed by atoms with E-state index in [1.54, 1.807) is 12.4 Å². The lowest BCUT2D eigenvalue weighted by atomic mass is 10.2. The molecule has 1 aromatic heterocycles. The Hall–Kier alpha value is -1.78. The summed E-state index contributed by atoms with van der Waals surface area (Å²) in [7, 11) is 0. The molecular weight excluding hydrogens is 196 g/mol. The fourth-order valence-electron chi connectivity index (χ4n) is 1.63. The third-order valence-electron chi connectivity index (χ3n) is 2.39.